The van der Waals surface area contributed by atoms with E-state index in [0.717, 1.165) is 22.2 Å². The average molecular weight is 263 g/mol. The number of allylic oxidation sites excluding steroid dienone is 1. The topological polar surface area (TPSA) is 17.8 Å². The Bertz CT molecular complexity index is 443. The molecular weight excluding hydrogens is 252 g/mol. The van der Waals surface area contributed by atoms with Gasteiger partial charge in [0.15, 0.2) is 0 Å². The van der Waals surface area contributed by atoms with Crippen molar-refractivity contribution in [1.82, 2.24) is 9.78 Å². The lowest BCUT2D eigenvalue weighted by Gasteiger charge is -2.04. The van der Waals surface area contributed by atoms with Crippen LogP contribution >= 0.6 is 15.9 Å². The first-order valence-electron chi connectivity index (χ1n) is 4.65. The molecule has 3 heteroatoms. The van der Waals surface area contributed by atoms with Crippen molar-refractivity contribution in [3.63, 3.8) is 0 Å². The van der Waals surface area contributed by atoms with E-state index in [-0.39, 0.29) is 0 Å². The minimum Gasteiger partial charge on any atom is -0.241 e. The predicted molar refractivity (Wildman–Crippen MR) is 66.4 cm³/mol. The summed E-state index contributed by atoms with van der Waals surface area (Å²) in [6.07, 6.45) is 3.69. The Kier molecular flexibility index (Phi) is 3.02. The molecule has 0 aliphatic rings. The molecule has 0 saturated heterocycles. The van der Waals surface area contributed by atoms with Crippen LogP contribution in [-0.2, 0) is 0 Å². The van der Waals surface area contributed by atoms with Crippen molar-refractivity contribution < 1.29 is 0 Å². The highest BCUT2D eigenvalue weighted by Gasteiger charge is 1.98. The van der Waals surface area contributed by atoms with Crippen LogP contribution in [0.5, 0.6) is 0 Å². The molecule has 1 heterocycles. The predicted octanol–water partition coefficient (Wildman–Crippen LogP) is 3.28. The van der Waals surface area contributed by atoms with Gasteiger partial charge in [-0.2, -0.15) is 5.10 Å². The third-order valence-corrected chi connectivity index (χ3v) is 2.88. The zero-order valence-electron chi connectivity index (χ0n) is 8.23. The molecule has 2 nitrogen and oxygen atoms in total. The van der Waals surface area contributed by atoms with E-state index < -0.39 is 0 Å². The number of halogens is 1. The molecule has 1 aromatic heterocycles. The van der Waals surface area contributed by atoms with E-state index in [2.05, 4.69) is 39.7 Å². The van der Waals surface area contributed by atoms with Gasteiger partial charge in [0.2, 0.25) is 0 Å². The van der Waals surface area contributed by atoms with Gasteiger partial charge in [-0.1, -0.05) is 34.6 Å². The van der Waals surface area contributed by atoms with Crippen molar-refractivity contribution in [1.29, 1.82) is 0 Å². The van der Waals surface area contributed by atoms with Crippen LogP contribution in [0.25, 0.3) is 11.3 Å². The fourth-order valence-corrected chi connectivity index (χ4v) is 1.67. The first-order chi connectivity index (χ1) is 7.31. The number of hydrogen-bond acceptors (Lipinski definition) is 1. The van der Waals surface area contributed by atoms with Gasteiger partial charge >= 0.3 is 0 Å². The molecule has 0 unspecified atom stereocenters. The van der Waals surface area contributed by atoms with E-state index in [1.165, 1.54) is 0 Å². The molecule has 0 saturated carbocycles. The maximum atomic E-state index is 4.17. The number of nitrogens with zero attached hydrogens (tertiary/aromatic N) is 2. The third-order valence-electron chi connectivity index (χ3n) is 2.21. The van der Waals surface area contributed by atoms with Crippen LogP contribution in [0.15, 0.2) is 49.3 Å². The normalized spacial score (nSPS) is 10.2. The third kappa shape index (κ3) is 2.18. The fourth-order valence-electron chi connectivity index (χ4n) is 1.35. The van der Waals surface area contributed by atoms with Crippen molar-refractivity contribution in [3.8, 4) is 5.69 Å². The van der Waals surface area contributed by atoms with Gasteiger partial charge in [-0.05, 0) is 29.3 Å². The summed E-state index contributed by atoms with van der Waals surface area (Å²) < 4.78 is 1.83. The largest absolute Gasteiger partial charge is 0.241 e. The Labute approximate surface area is 97.4 Å². The molecule has 15 heavy (non-hydrogen) atoms. The zero-order valence-corrected chi connectivity index (χ0v) is 9.81. The molecular formula is C12H11BrN2. The highest BCUT2D eigenvalue weighted by atomic mass is 79.9. The van der Waals surface area contributed by atoms with Crippen molar-refractivity contribution >= 4 is 21.5 Å². The summed E-state index contributed by atoms with van der Waals surface area (Å²) in [6.45, 7) is 3.97. The number of aromatic nitrogens is 2. The van der Waals surface area contributed by atoms with E-state index in [9.17, 15) is 0 Å². The van der Waals surface area contributed by atoms with Crippen LogP contribution in [0.3, 0.4) is 0 Å². The summed E-state index contributed by atoms with van der Waals surface area (Å²) in [5, 5.41) is 4.97. The first kappa shape index (κ1) is 10.2. The van der Waals surface area contributed by atoms with E-state index >= 15 is 0 Å². The van der Waals surface area contributed by atoms with Crippen LogP contribution in [0.1, 0.15) is 5.56 Å². The van der Waals surface area contributed by atoms with Crippen LogP contribution in [-0.4, -0.2) is 15.1 Å². The Morgan fingerprint density at radius 1 is 1.33 bits per heavy atom. The van der Waals surface area contributed by atoms with E-state index in [0.29, 0.717) is 0 Å². The average Bonchev–Trinajstić information content (AvgIpc) is 2.82. The molecule has 0 aliphatic heterocycles. The van der Waals surface area contributed by atoms with Gasteiger partial charge in [-0.25, -0.2) is 4.68 Å². The van der Waals surface area contributed by atoms with Gasteiger partial charge in [-0.15, -0.1) is 0 Å². The van der Waals surface area contributed by atoms with Crippen LogP contribution in [0.2, 0.25) is 0 Å². The van der Waals surface area contributed by atoms with Crippen LogP contribution < -0.4 is 0 Å². The molecule has 2 rings (SSSR count). The first-order valence-corrected chi connectivity index (χ1v) is 5.77. The van der Waals surface area contributed by atoms with Crippen molar-refractivity contribution in [2.24, 2.45) is 0 Å². The molecule has 0 amide bonds. The Morgan fingerprint density at radius 3 is 2.60 bits per heavy atom. The Hall–Kier alpha value is -1.35. The van der Waals surface area contributed by atoms with Gasteiger partial charge in [0.05, 0.1) is 5.69 Å². The van der Waals surface area contributed by atoms with Crippen molar-refractivity contribution in [2.75, 3.05) is 5.33 Å². The molecule has 0 atom stereocenters. The van der Waals surface area contributed by atoms with Gasteiger partial charge in [0.1, 0.15) is 0 Å². The zero-order chi connectivity index (χ0) is 10.7. The summed E-state index contributed by atoms with van der Waals surface area (Å²) in [7, 11) is 0. The molecule has 1 aromatic carbocycles. The molecule has 0 N–H and O–H groups in total. The van der Waals surface area contributed by atoms with Gasteiger partial charge in [-0.3, -0.25) is 0 Å². The Balaban J connectivity index is 2.29. The van der Waals surface area contributed by atoms with E-state index in [1.54, 1.807) is 6.20 Å². The SMILES string of the molecule is C=C(CBr)c1ccc(-n2cccn2)cc1. The highest BCUT2D eigenvalue weighted by Crippen LogP contribution is 2.16. The van der Waals surface area contributed by atoms with Crippen LogP contribution in [0, 0.1) is 0 Å². The second-order valence-corrected chi connectivity index (χ2v) is 3.80. The minimum absolute atomic E-state index is 0.800. The molecule has 76 valence electrons. The van der Waals surface area contributed by atoms with E-state index in [1.807, 2.05) is 29.1 Å². The molecule has 0 spiro atoms. The molecule has 2 aromatic rings. The van der Waals surface area contributed by atoms with Gasteiger partial charge in [0, 0.05) is 17.7 Å². The number of benzene rings is 1. The minimum atomic E-state index is 0.800. The summed E-state index contributed by atoms with van der Waals surface area (Å²) in [6, 6.07) is 10.1. The molecule has 0 bridgehead atoms. The smallest absolute Gasteiger partial charge is 0.0645 e. The number of alkyl halides is 1. The van der Waals surface area contributed by atoms with E-state index in [4.69, 9.17) is 0 Å². The molecule has 0 radical (unpaired) electrons. The van der Waals surface area contributed by atoms with Gasteiger partial charge in [0.25, 0.3) is 0 Å². The summed E-state index contributed by atoms with van der Waals surface area (Å²) in [5.74, 6) is 0. The van der Waals surface area contributed by atoms with Crippen LogP contribution in [0.4, 0.5) is 0 Å². The lowest BCUT2D eigenvalue weighted by atomic mass is 10.1. The lowest BCUT2D eigenvalue weighted by molar-refractivity contribution is 0.880. The van der Waals surface area contributed by atoms with Crippen molar-refractivity contribution in [3.05, 3.63) is 54.9 Å². The summed E-state index contributed by atoms with van der Waals surface area (Å²) in [4.78, 5) is 0. The second-order valence-electron chi connectivity index (χ2n) is 3.23. The summed E-state index contributed by atoms with van der Waals surface area (Å²) >= 11 is 3.39. The maximum Gasteiger partial charge on any atom is 0.0645 e. The lowest BCUT2D eigenvalue weighted by Crippen LogP contribution is -1.94. The quantitative estimate of drug-likeness (QED) is 0.777. The highest BCUT2D eigenvalue weighted by molar-refractivity contribution is 9.09. The van der Waals surface area contributed by atoms with Gasteiger partial charge < -0.3 is 0 Å². The van der Waals surface area contributed by atoms with Crippen molar-refractivity contribution in [2.45, 2.75) is 0 Å². The fraction of sp³-hybridized carbons (Fsp3) is 0.0833. The Morgan fingerprint density at radius 2 is 2.07 bits per heavy atom. The molecule has 0 fully saturated rings. The number of rotatable bonds is 3. The second kappa shape index (κ2) is 4.45. The summed E-state index contributed by atoms with van der Waals surface area (Å²) in [5.41, 5.74) is 3.30. The number of hydrogen-bond donors (Lipinski definition) is 0. The maximum absolute atomic E-state index is 4.17. The standard InChI is InChI=1S/C12H11BrN2/c1-10(9-13)11-3-5-12(6-4-11)15-8-2-7-14-15/h2-8H,1,9H2. The molecule has 0 aliphatic carbocycles. The monoisotopic (exact) mass is 262 g/mol.